The zero-order valence-electron chi connectivity index (χ0n) is 12.0. The number of aliphatic hydroxyl groups is 1. The fraction of sp³-hybridized carbons (Fsp3) is 0.600. The van der Waals surface area contributed by atoms with Crippen molar-refractivity contribution >= 4 is 15.9 Å². The number of halogens is 3. The molecule has 1 N–H and O–H groups in total. The van der Waals surface area contributed by atoms with Crippen molar-refractivity contribution in [1.29, 1.82) is 0 Å². The molecule has 0 bridgehead atoms. The molecule has 0 amide bonds. The Balaban J connectivity index is 2.04. The van der Waals surface area contributed by atoms with Crippen LogP contribution in [0, 0.1) is 11.6 Å². The summed E-state index contributed by atoms with van der Waals surface area (Å²) in [5.41, 5.74) is -0.104. The van der Waals surface area contributed by atoms with Gasteiger partial charge in [0.25, 0.3) is 0 Å². The number of benzene rings is 1. The Hall–Kier alpha value is -0.560. The smallest absolute Gasteiger partial charge is 0.143 e. The summed E-state index contributed by atoms with van der Waals surface area (Å²) in [5.74, 6) is -1.30. The van der Waals surface area contributed by atoms with Gasteiger partial charge in [0.1, 0.15) is 11.6 Å². The average molecular weight is 364 g/mol. The van der Waals surface area contributed by atoms with Gasteiger partial charge in [-0.1, -0.05) is 6.92 Å². The number of hydrogen-bond acceptors (Lipinski definition) is 3. The number of morpholine rings is 1. The van der Waals surface area contributed by atoms with Crippen molar-refractivity contribution in [1.82, 2.24) is 4.90 Å². The van der Waals surface area contributed by atoms with E-state index < -0.39 is 23.8 Å². The number of hydrogen-bond donors (Lipinski definition) is 1. The van der Waals surface area contributed by atoms with Crippen LogP contribution in [0.2, 0.25) is 0 Å². The number of nitrogens with zero attached hydrogens (tertiary/aromatic N) is 1. The molecule has 1 saturated heterocycles. The summed E-state index contributed by atoms with van der Waals surface area (Å²) in [6.45, 7) is 4.98. The summed E-state index contributed by atoms with van der Waals surface area (Å²) in [6, 6.07) is 2.51. The average Bonchev–Trinajstić information content (AvgIpc) is 2.48. The highest BCUT2D eigenvalue weighted by atomic mass is 79.9. The molecule has 1 aromatic rings. The van der Waals surface area contributed by atoms with Gasteiger partial charge in [-0.2, -0.15) is 0 Å². The van der Waals surface area contributed by atoms with E-state index in [1.54, 1.807) is 0 Å². The molecule has 6 heteroatoms. The van der Waals surface area contributed by atoms with Gasteiger partial charge in [0.2, 0.25) is 0 Å². The SMILES string of the molecule is CCCN1CCOC(C(O)Cc2c(F)ccc(Br)c2F)C1. The van der Waals surface area contributed by atoms with Crippen LogP contribution in [-0.4, -0.2) is 48.5 Å². The van der Waals surface area contributed by atoms with Crippen molar-refractivity contribution in [3.63, 3.8) is 0 Å². The molecule has 0 saturated carbocycles. The highest BCUT2D eigenvalue weighted by Crippen LogP contribution is 2.24. The third-order valence-corrected chi connectivity index (χ3v) is 4.31. The van der Waals surface area contributed by atoms with Gasteiger partial charge >= 0.3 is 0 Å². The zero-order chi connectivity index (χ0) is 15.4. The Morgan fingerprint density at radius 1 is 1.48 bits per heavy atom. The molecule has 2 unspecified atom stereocenters. The molecular weight excluding hydrogens is 344 g/mol. The molecule has 118 valence electrons. The minimum absolute atomic E-state index is 0.0955. The van der Waals surface area contributed by atoms with Crippen molar-refractivity contribution in [3.05, 3.63) is 33.8 Å². The summed E-state index contributed by atoms with van der Waals surface area (Å²) in [5, 5.41) is 10.3. The maximum absolute atomic E-state index is 13.9. The minimum atomic E-state index is -0.928. The monoisotopic (exact) mass is 363 g/mol. The van der Waals surface area contributed by atoms with E-state index in [0.717, 1.165) is 19.5 Å². The van der Waals surface area contributed by atoms with Crippen molar-refractivity contribution in [3.8, 4) is 0 Å². The van der Waals surface area contributed by atoms with E-state index in [1.165, 1.54) is 12.1 Å². The molecular formula is C15H20BrF2NO2. The summed E-state index contributed by atoms with van der Waals surface area (Å²) in [6.07, 6.45) is -0.412. The van der Waals surface area contributed by atoms with Gasteiger partial charge in [-0.05, 0) is 41.0 Å². The third kappa shape index (κ3) is 4.22. The van der Waals surface area contributed by atoms with Crippen LogP contribution in [0.4, 0.5) is 8.78 Å². The van der Waals surface area contributed by atoms with Crippen LogP contribution < -0.4 is 0 Å². The first kappa shape index (κ1) is 16.8. The van der Waals surface area contributed by atoms with Crippen LogP contribution in [0.25, 0.3) is 0 Å². The van der Waals surface area contributed by atoms with Crippen LogP contribution in [0.3, 0.4) is 0 Å². The highest BCUT2D eigenvalue weighted by Gasteiger charge is 2.28. The summed E-state index contributed by atoms with van der Waals surface area (Å²) in [7, 11) is 0. The number of rotatable bonds is 5. The first-order valence-corrected chi connectivity index (χ1v) is 7.96. The van der Waals surface area contributed by atoms with Gasteiger partial charge in [-0.15, -0.1) is 0 Å². The molecule has 1 heterocycles. The van der Waals surface area contributed by atoms with Gasteiger partial charge in [0.05, 0.1) is 23.3 Å². The lowest BCUT2D eigenvalue weighted by atomic mass is 10.0. The van der Waals surface area contributed by atoms with E-state index in [9.17, 15) is 13.9 Å². The standard InChI is InChI=1S/C15H20BrF2NO2/c1-2-5-19-6-7-21-14(9-19)13(20)8-10-12(17)4-3-11(16)15(10)18/h3-4,13-14,20H,2,5-9H2,1H3. The number of ether oxygens (including phenoxy) is 1. The van der Waals surface area contributed by atoms with Crippen molar-refractivity contribution in [2.45, 2.75) is 32.0 Å². The van der Waals surface area contributed by atoms with Crippen LogP contribution in [-0.2, 0) is 11.2 Å². The second kappa shape index (κ2) is 7.63. The Kier molecular flexibility index (Phi) is 6.10. The first-order valence-electron chi connectivity index (χ1n) is 7.17. The lowest BCUT2D eigenvalue weighted by Crippen LogP contribution is -2.48. The summed E-state index contributed by atoms with van der Waals surface area (Å²) >= 11 is 3.03. The molecule has 0 aromatic heterocycles. The predicted molar refractivity (Wildman–Crippen MR) is 80.2 cm³/mol. The topological polar surface area (TPSA) is 32.7 Å². The molecule has 1 aliphatic heterocycles. The predicted octanol–water partition coefficient (Wildman–Crippen LogP) is 2.74. The summed E-state index contributed by atoms with van der Waals surface area (Å²) < 4.78 is 33.4. The zero-order valence-corrected chi connectivity index (χ0v) is 13.6. The molecule has 2 atom stereocenters. The fourth-order valence-corrected chi connectivity index (χ4v) is 2.95. The Morgan fingerprint density at radius 2 is 2.24 bits per heavy atom. The Bertz CT molecular complexity index is 485. The Morgan fingerprint density at radius 3 is 2.95 bits per heavy atom. The lowest BCUT2D eigenvalue weighted by molar-refractivity contribution is -0.0880. The lowest BCUT2D eigenvalue weighted by Gasteiger charge is -2.35. The summed E-state index contributed by atoms with van der Waals surface area (Å²) in [4.78, 5) is 2.20. The largest absolute Gasteiger partial charge is 0.390 e. The van der Waals surface area contributed by atoms with Crippen molar-refractivity contribution < 1.29 is 18.6 Å². The molecule has 0 radical (unpaired) electrons. The molecule has 1 aliphatic rings. The Labute approximate surface area is 132 Å². The molecule has 2 rings (SSSR count). The van der Waals surface area contributed by atoms with Crippen LogP contribution in [0.5, 0.6) is 0 Å². The van der Waals surface area contributed by atoms with Crippen molar-refractivity contribution in [2.75, 3.05) is 26.2 Å². The van der Waals surface area contributed by atoms with Gasteiger partial charge < -0.3 is 9.84 Å². The van der Waals surface area contributed by atoms with E-state index in [1.807, 2.05) is 0 Å². The second-order valence-electron chi connectivity index (χ2n) is 5.30. The molecule has 1 fully saturated rings. The maximum Gasteiger partial charge on any atom is 0.143 e. The second-order valence-corrected chi connectivity index (χ2v) is 6.16. The molecule has 1 aromatic carbocycles. The molecule has 21 heavy (non-hydrogen) atoms. The molecule has 0 aliphatic carbocycles. The van der Waals surface area contributed by atoms with E-state index in [0.29, 0.717) is 13.2 Å². The van der Waals surface area contributed by atoms with Gasteiger partial charge in [-0.3, -0.25) is 4.90 Å². The van der Waals surface area contributed by atoms with Gasteiger partial charge in [0.15, 0.2) is 0 Å². The van der Waals surface area contributed by atoms with Gasteiger partial charge in [0, 0.05) is 25.1 Å². The normalized spacial score (nSPS) is 21.5. The van der Waals surface area contributed by atoms with E-state index >= 15 is 0 Å². The maximum atomic E-state index is 13.9. The van der Waals surface area contributed by atoms with E-state index in [-0.39, 0.29) is 16.5 Å². The minimum Gasteiger partial charge on any atom is -0.390 e. The van der Waals surface area contributed by atoms with Crippen LogP contribution in [0.15, 0.2) is 16.6 Å². The van der Waals surface area contributed by atoms with E-state index in [4.69, 9.17) is 4.74 Å². The quantitative estimate of drug-likeness (QED) is 0.816. The first-order chi connectivity index (χ1) is 10.0. The van der Waals surface area contributed by atoms with Crippen LogP contribution in [0.1, 0.15) is 18.9 Å². The fourth-order valence-electron chi connectivity index (χ4n) is 2.58. The molecule has 3 nitrogen and oxygen atoms in total. The third-order valence-electron chi connectivity index (χ3n) is 3.70. The number of aliphatic hydroxyl groups excluding tert-OH is 1. The molecule has 0 spiro atoms. The van der Waals surface area contributed by atoms with Gasteiger partial charge in [-0.25, -0.2) is 8.78 Å². The highest BCUT2D eigenvalue weighted by molar-refractivity contribution is 9.10. The van der Waals surface area contributed by atoms with Crippen LogP contribution >= 0.6 is 15.9 Å². The van der Waals surface area contributed by atoms with E-state index in [2.05, 4.69) is 27.8 Å². The van der Waals surface area contributed by atoms with Crippen molar-refractivity contribution in [2.24, 2.45) is 0 Å².